The van der Waals surface area contributed by atoms with Crippen LogP contribution in [0.5, 0.6) is 0 Å². The largest absolute Gasteiger partial charge is 0.476 e. The highest BCUT2D eigenvalue weighted by Crippen LogP contribution is 2.31. The zero-order valence-electron chi connectivity index (χ0n) is 15.4. The van der Waals surface area contributed by atoms with Crippen molar-refractivity contribution >= 4 is 44.7 Å². The van der Waals surface area contributed by atoms with Crippen molar-refractivity contribution in [2.45, 2.75) is 18.7 Å². The van der Waals surface area contributed by atoms with Gasteiger partial charge in [0, 0.05) is 5.69 Å². The molecule has 2 aromatic rings. The quantitative estimate of drug-likeness (QED) is 0.393. The predicted octanol–water partition coefficient (Wildman–Crippen LogP) is 2.08. The maximum absolute atomic E-state index is 13.0. The first-order valence-electron chi connectivity index (χ1n) is 8.32. The molecular formula is C19H17N3O6S. The topological polar surface area (TPSA) is 150 Å². The zero-order chi connectivity index (χ0) is 21.5. The van der Waals surface area contributed by atoms with Crippen molar-refractivity contribution in [1.82, 2.24) is 0 Å². The molecule has 1 amide bonds. The molecule has 0 atom stereocenters. The van der Waals surface area contributed by atoms with E-state index >= 15 is 0 Å². The molecule has 0 saturated heterocycles. The fourth-order valence-corrected chi connectivity index (χ4v) is 3.55. The lowest BCUT2D eigenvalue weighted by Gasteiger charge is -2.13. The molecule has 10 heteroatoms. The number of rotatable bonds is 4. The van der Waals surface area contributed by atoms with Crippen molar-refractivity contribution in [2.24, 2.45) is 5.10 Å². The van der Waals surface area contributed by atoms with Crippen LogP contribution in [0.2, 0.25) is 0 Å². The molecule has 0 unspecified atom stereocenters. The normalized spacial score (nSPS) is 16.0. The van der Waals surface area contributed by atoms with Crippen molar-refractivity contribution in [1.29, 1.82) is 0 Å². The summed E-state index contributed by atoms with van der Waals surface area (Å²) in [6.45, 7) is 3.41. The predicted molar refractivity (Wildman–Crippen MR) is 107 cm³/mol. The lowest BCUT2D eigenvalue weighted by Crippen LogP contribution is -2.23. The van der Waals surface area contributed by atoms with Crippen LogP contribution in [0.25, 0.3) is 5.57 Å². The molecule has 4 N–H and O–H groups in total. The number of aryl methyl sites for hydroxylation is 1. The molecule has 0 fully saturated rings. The van der Waals surface area contributed by atoms with E-state index in [9.17, 15) is 23.1 Å². The first-order valence-corrected chi connectivity index (χ1v) is 9.76. The monoisotopic (exact) mass is 415 g/mol. The Hall–Kier alpha value is -3.50. The number of amides is 1. The van der Waals surface area contributed by atoms with Gasteiger partial charge in [-0.1, -0.05) is 6.07 Å². The highest BCUT2D eigenvalue weighted by Gasteiger charge is 2.37. The SMILES string of the molecule is CC(=C1C(=O)N(c2ccc(S(=O)(=O)O)cc2)N=C1C(=O)O)c1ccc(N)cc1C. The van der Waals surface area contributed by atoms with Crippen LogP contribution in [0.4, 0.5) is 11.4 Å². The summed E-state index contributed by atoms with van der Waals surface area (Å²) in [5, 5.41) is 14.3. The van der Waals surface area contributed by atoms with Crippen LogP contribution in [0.15, 0.2) is 58.0 Å². The number of hydrogen-bond acceptors (Lipinski definition) is 6. The molecule has 9 nitrogen and oxygen atoms in total. The summed E-state index contributed by atoms with van der Waals surface area (Å²) >= 11 is 0. The molecule has 0 saturated carbocycles. The van der Waals surface area contributed by atoms with E-state index < -0.39 is 27.7 Å². The number of hydrazone groups is 1. The minimum Gasteiger partial charge on any atom is -0.476 e. The number of nitrogen functional groups attached to an aromatic ring is 1. The third-order valence-electron chi connectivity index (χ3n) is 4.45. The van der Waals surface area contributed by atoms with Crippen molar-refractivity contribution in [3.63, 3.8) is 0 Å². The molecular weight excluding hydrogens is 398 g/mol. The lowest BCUT2D eigenvalue weighted by atomic mass is 9.94. The Morgan fingerprint density at radius 1 is 1.14 bits per heavy atom. The first kappa shape index (κ1) is 20.2. The van der Waals surface area contributed by atoms with E-state index in [-0.39, 0.29) is 16.2 Å². The van der Waals surface area contributed by atoms with E-state index in [0.29, 0.717) is 16.8 Å². The number of carbonyl (C=O) groups excluding carboxylic acids is 1. The number of benzene rings is 2. The number of carboxylic acids is 1. The highest BCUT2D eigenvalue weighted by molar-refractivity contribution is 7.85. The van der Waals surface area contributed by atoms with Crippen molar-refractivity contribution < 1.29 is 27.7 Å². The molecule has 0 spiro atoms. The van der Waals surface area contributed by atoms with Gasteiger partial charge in [-0.25, -0.2) is 4.79 Å². The van der Waals surface area contributed by atoms with E-state index in [0.717, 1.165) is 22.7 Å². The maximum Gasteiger partial charge on any atom is 0.357 e. The maximum atomic E-state index is 13.0. The summed E-state index contributed by atoms with van der Waals surface area (Å²) in [4.78, 5) is 24.4. The summed E-state index contributed by atoms with van der Waals surface area (Å²) in [5.74, 6) is -2.05. The summed E-state index contributed by atoms with van der Waals surface area (Å²) in [6.07, 6.45) is 0. The van der Waals surface area contributed by atoms with Gasteiger partial charge >= 0.3 is 5.97 Å². The van der Waals surface area contributed by atoms with Crippen LogP contribution >= 0.6 is 0 Å². The smallest absolute Gasteiger partial charge is 0.357 e. The summed E-state index contributed by atoms with van der Waals surface area (Å²) in [7, 11) is -4.40. The van der Waals surface area contributed by atoms with Crippen LogP contribution in [-0.2, 0) is 19.7 Å². The highest BCUT2D eigenvalue weighted by atomic mass is 32.2. The molecule has 0 aromatic heterocycles. The van der Waals surface area contributed by atoms with Gasteiger partial charge in [0.05, 0.1) is 16.2 Å². The first-order chi connectivity index (χ1) is 13.5. The number of carbonyl (C=O) groups is 2. The van der Waals surface area contributed by atoms with Gasteiger partial charge in [-0.2, -0.15) is 18.5 Å². The summed E-state index contributed by atoms with van der Waals surface area (Å²) < 4.78 is 31.4. The van der Waals surface area contributed by atoms with Crippen LogP contribution in [-0.4, -0.2) is 35.7 Å². The number of nitrogens with zero attached hydrogens (tertiary/aromatic N) is 2. The van der Waals surface area contributed by atoms with Crippen molar-refractivity contribution in [2.75, 3.05) is 10.7 Å². The fraction of sp³-hybridized carbons (Fsp3) is 0.105. The molecule has 0 bridgehead atoms. The van der Waals surface area contributed by atoms with E-state index in [2.05, 4.69) is 5.10 Å². The fourth-order valence-electron chi connectivity index (χ4n) is 3.07. The standard InChI is InChI=1S/C19H17N3O6S/c1-10-9-12(20)3-8-15(10)11(2)16-17(19(24)25)21-22(18(16)23)13-4-6-14(7-5-13)29(26,27)28/h3-9H,20H2,1-2H3,(H,24,25)(H,26,27,28). The third-order valence-corrected chi connectivity index (χ3v) is 5.32. The van der Waals surface area contributed by atoms with Gasteiger partial charge in [-0.3, -0.25) is 9.35 Å². The van der Waals surface area contributed by atoms with Crippen molar-refractivity contribution in [3.8, 4) is 0 Å². The second-order valence-electron chi connectivity index (χ2n) is 6.41. The van der Waals surface area contributed by atoms with E-state index in [1.165, 1.54) is 12.1 Å². The molecule has 1 aliphatic rings. The Balaban J connectivity index is 2.11. The zero-order valence-corrected chi connectivity index (χ0v) is 16.3. The number of allylic oxidation sites excluding steroid dienone is 1. The van der Waals surface area contributed by atoms with Gasteiger partial charge in [-0.05, 0) is 66.9 Å². The van der Waals surface area contributed by atoms with E-state index in [1.807, 2.05) is 0 Å². The minimum atomic E-state index is -4.40. The van der Waals surface area contributed by atoms with Gasteiger partial charge in [0.15, 0.2) is 5.71 Å². The Morgan fingerprint density at radius 2 is 1.76 bits per heavy atom. The van der Waals surface area contributed by atoms with Gasteiger partial charge in [0.25, 0.3) is 16.0 Å². The van der Waals surface area contributed by atoms with Gasteiger partial charge in [0.1, 0.15) is 0 Å². The number of hydrogen-bond donors (Lipinski definition) is 3. The average Bonchev–Trinajstić information content (AvgIpc) is 2.98. The number of carboxylic acid groups (broad SMARTS) is 1. The van der Waals surface area contributed by atoms with E-state index in [1.54, 1.807) is 32.0 Å². The summed E-state index contributed by atoms with van der Waals surface area (Å²) in [6, 6.07) is 9.73. The molecule has 150 valence electrons. The molecule has 0 aliphatic carbocycles. The molecule has 29 heavy (non-hydrogen) atoms. The number of anilines is 2. The second kappa shape index (κ2) is 7.15. The Kier molecular flexibility index (Phi) is 4.99. The van der Waals surface area contributed by atoms with Crippen LogP contribution < -0.4 is 10.7 Å². The Morgan fingerprint density at radius 3 is 2.28 bits per heavy atom. The number of aliphatic carboxylic acids is 1. The summed E-state index contributed by atoms with van der Waals surface area (Å²) in [5.41, 5.74) is 7.78. The molecule has 3 rings (SSSR count). The second-order valence-corrected chi connectivity index (χ2v) is 7.84. The van der Waals surface area contributed by atoms with Crippen LogP contribution in [0, 0.1) is 6.92 Å². The Bertz CT molecular complexity index is 1200. The number of nitrogens with two attached hydrogens (primary N) is 1. The van der Waals surface area contributed by atoms with E-state index in [4.69, 9.17) is 10.3 Å². The molecule has 0 radical (unpaired) electrons. The Labute approximate surface area is 166 Å². The van der Waals surface area contributed by atoms with Crippen LogP contribution in [0.3, 0.4) is 0 Å². The molecule has 2 aromatic carbocycles. The lowest BCUT2D eigenvalue weighted by molar-refractivity contribution is -0.129. The van der Waals surface area contributed by atoms with Crippen molar-refractivity contribution in [3.05, 3.63) is 59.2 Å². The average molecular weight is 415 g/mol. The minimum absolute atomic E-state index is 0.0794. The third kappa shape index (κ3) is 3.75. The molecule has 1 aliphatic heterocycles. The van der Waals surface area contributed by atoms with Gasteiger partial charge in [0.2, 0.25) is 0 Å². The van der Waals surface area contributed by atoms with Gasteiger partial charge < -0.3 is 10.8 Å². The van der Waals surface area contributed by atoms with Crippen LogP contribution in [0.1, 0.15) is 18.1 Å². The molecule has 1 heterocycles. The van der Waals surface area contributed by atoms with Gasteiger partial charge in [-0.15, -0.1) is 0 Å².